The van der Waals surface area contributed by atoms with Crippen LogP contribution in [-0.2, 0) is 17.8 Å². The molecular weight excluding hydrogens is 290 g/mol. The third-order valence-corrected chi connectivity index (χ3v) is 4.25. The fourth-order valence-electron chi connectivity index (χ4n) is 2.75. The van der Waals surface area contributed by atoms with E-state index in [1.807, 2.05) is 19.2 Å². The average molecular weight is 306 g/mol. The largest absolute Gasteiger partial charge is 0.478 e. The minimum Gasteiger partial charge on any atom is -0.478 e. The molecule has 0 atom stereocenters. The van der Waals surface area contributed by atoms with E-state index in [2.05, 4.69) is 4.90 Å². The molecule has 0 bridgehead atoms. The van der Waals surface area contributed by atoms with Gasteiger partial charge in [0.2, 0.25) is 0 Å². The Morgan fingerprint density at radius 2 is 2.19 bits per heavy atom. The van der Waals surface area contributed by atoms with E-state index in [-0.39, 0.29) is 5.57 Å². The molecule has 3 rings (SSSR count). The summed E-state index contributed by atoms with van der Waals surface area (Å²) in [6.45, 7) is 3.20. The molecule has 4 nitrogen and oxygen atoms in total. The molecule has 2 aromatic rings. The van der Waals surface area contributed by atoms with Crippen molar-refractivity contribution in [2.75, 3.05) is 13.6 Å². The summed E-state index contributed by atoms with van der Waals surface area (Å²) >= 11 is 6.33. The van der Waals surface area contributed by atoms with Gasteiger partial charge in [0.05, 0.1) is 0 Å². The number of carbonyl (C=O) groups is 1. The van der Waals surface area contributed by atoms with Crippen molar-refractivity contribution < 1.29 is 14.3 Å². The number of benzene rings is 1. The molecule has 110 valence electrons. The van der Waals surface area contributed by atoms with E-state index in [4.69, 9.17) is 21.1 Å². The monoisotopic (exact) mass is 305 g/mol. The highest BCUT2D eigenvalue weighted by Gasteiger charge is 2.22. The number of carboxylic acids is 1. The smallest absolute Gasteiger partial charge is 0.331 e. The first-order chi connectivity index (χ1) is 9.97. The molecule has 2 heterocycles. The standard InChI is InChI=1S/C16H16ClNO3/c1-9(16(19)20)7-14-11-8-18(2)6-5-10-12(17)3-4-13(21-14)15(10)11/h3-4,7H,5-6,8H2,1-2H3,(H,19,20)/b9-7+. The van der Waals surface area contributed by atoms with E-state index in [9.17, 15) is 4.79 Å². The fourth-order valence-corrected chi connectivity index (χ4v) is 3.00. The summed E-state index contributed by atoms with van der Waals surface area (Å²) in [5.41, 5.74) is 3.13. The lowest BCUT2D eigenvalue weighted by Crippen LogP contribution is -2.18. The highest BCUT2D eigenvalue weighted by Crippen LogP contribution is 2.36. The lowest BCUT2D eigenvalue weighted by Gasteiger charge is -2.13. The summed E-state index contributed by atoms with van der Waals surface area (Å²) in [6, 6.07) is 3.69. The summed E-state index contributed by atoms with van der Waals surface area (Å²) in [6.07, 6.45) is 2.45. The molecule has 0 saturated heterocycles. The Kier molecular flexibility index (Phi) is 3.51. The van der Waals surface area contributed by atoms with Gasteiger partial charge in [0.25, 0.3) is 0 Å². The second-order valence-electron chi connectivity index (χ2n) is 5.46. The maximum atomic E-state index is 11.0. The van der Waals surface area contributed by atoms with Gasteiger partial charge in [-0.1, -0.05) is 11.6 Å². The molecule has 1 aromatic carbocycles. The minimum absolute atomic E-state index is 0.254. The summed E-state index contributed by atoms with van der Waals surface area (Å²) in [5.74, 6) is -0.329. The van der Waals surface area contributed by atoms with Crippen molar-refractivity contribution in [3.05, 3.63) is 39.6 Å². The quantitative estimate of drug-likeness (QED) is 0.862. The fraction of sp³-hybridized carbons (Fsp3) is 0.312. The number of carboxylic acid groups (broad SMARTS) is 1. The summed E-state index contributed by atoms with van der Waals surface area (Å²) in [4.78, 5) is 13.2. The van der Waals surface area contributed by atoms with Crippen LogP contribution in [0.4, 0.5) is 0 Å². The third-order valence-electron chi connectivity index (χ3n) is 3.89. The summed E-state index contributed by atoms with van der Waals surface area (Å²) in [7, 11) is 2.04. The molecule has 5 heteroatoms. The molecule has 0 aliphatic carbocycles. The van der Waals surface area contributed by atoms with E-state index >= 15 is 0 Å². The Labute approximate surface area is 127 Å². The van der Waals surface area contributed by atoms with E-state index < -0.39 is 5.97 Å². The molecule has 1 aromatic heterocycles. The maximum Gasteiger partial charge on any atom is 0.331 e. The van der Waals surface area contributed by atoms with Gasteiger partial charge in [0.15, 0.2) is 0 Å². The van der Waals surface area contributed by atoms with E-state index in [0.29, 0.717) is 5.76 Å². The Bertz CT molecular complexity index is 760. The Balaban J connectivity index is 2.28. The van der Waals surface area contributed by atoms with E-state index in [0.717, 1.165) is 46.6 Å². The van der Waals surface area contributed by atoms with Crippen LogP contribution in [0.25, 0.3) is 17.0 Å². The van der Waals surface area contributed by atoms with Gasteiger partial charge in [-0.25, -0.2) is 4.79 Å². The van der Waals surface area contributed by atoms with Crippen molar-refractivity contribution in [1.82, 2.24) is 4.90 Å². The van der Waals surface area contributed by atoms with Crippen LogP contribution in [0.15, 0.2) is 22.1 Å². The van der Waals surface area contributed by atoms with Gasteiger partial charge in [0.1, 0.15) is 11.3 Å². The van der Waals surface area contributed by atoms with Gasteiger partial charge in [-0.05, 0) is 44.2 Å². The second kappa shape index (κ2) is 5.20. The molecule has 0 saturated carbocycles. The van der Waals surface area contributed by atoms with Crippen LogP contribution in [0.5, 0.6) is 0 Å². The van der Waals surface area contributed by atoms with Crippen LogP contribution < -0.4 is 0 Å². The van der Waals surface area contributed by atoms with Crippen molar-refractivity contribution in [2.45, 2.75) is 19.9 Å². The first-order valence-corrected chi connectivity index (χ1v) is 7.18. The van der Waals surface area contributed by atoms with Crippen molar-refractivity contribution in [1.29, 1.82) is 0 Å². The normalized spacial score (nSPS) is 16.2. The Morgan fingerprint density at radius 1 is 1.43 bits per heavy atom. The molecule has 0 spiro atoms. The number of halogens is 1. The molecule has 1 aliphatic heterocycles. The van der Waals surface area contributed by atoms with Crippen LogP contribution in [0.3, 0.4) is 0 Å². The highest BCUT2D eigenvalue weighted by molar-refractivity contribution is 6.32. The minimum atomic E-state index is -0.942. The first kappa shape index (κ1) is 14.2. The van der Waals surface area contributed by atoms with Crippen molar-refractivity contribution in [3.8, 4) is 0 Å². The Morgan fingerprint density at radius 3 is 2.90 bits per heavy atom. The van der Waals surface area contributed by atoms with Gasteiger partial charge < -0.3 is 14.4 Å². The summed E-state index contributed by atoms with van der Waals surface area (Å²) < 4.78 is 5.87. The third kappa shape index (κ3) is 2.45. The number of hydrogen-bond donors (Lipinski definition) is 1. The molecule has 0 fully saturated rings. The van der Waals surface area contributed by atoms with Gasteiger partial charge in [-0.15, -0.1) is 0 Å². The lowest BCUT2D eigenvalue weighted by molar-refractivity contribution is -0.132. The van der Waals surface area contributed by atoms with Crippen molar-refractivity contribution in [2.24, 2.45) is 0 Å². The molecule has 21 heavy (non-hydrogen) atoms. The predicted molar refractivity (Wildman–Crippen MR) is 82.5 cm³/mol. The second-order valence-corrected chi connectivity index (χ2v) is 5.87. The average Bonchev–Trinajstić information content (AvgIpc) is 2.64. The maximum absolute atomic E-state index is 11.0. The molecule has 0 radical (unpaired) electrons. The van der Waals surface area contributed by atoms with Crippen molar-refractivity contribution in [3.63, 3.8) is 0 Å². The number of nitrogens with zero attached hydrogens (tertiary/aromatic N) is 1. The van der Waals surface area contributed by atoms with Crippen molar-refractivity contribution >= 4 is 34.6 Å². The zero-order valence-corrected chi connectivity index (χ0v) is 12.7. The van der Waals surface area contributed by atoms with E-state index in [1.54, 1.807) is 13.0 Å². The zero-order valence-electron chi connectivity index (χ0n) is 11.9. The van der Waals surface area contributed by atoms with Gasteiger partial charge in [-0.2, -0.15) is 0 Å². The summed E-state index contributed by atoms with van der Waals surface area (Å²) in [5, 5.41) is 10.8. The van der Waals surface area contributed by atoms with Crippen LogP contribution >= 0.6 is 11.6 Å². The zero-order chi connectivity index (χ0) is 15.1. The lowest BCUT2D eigenvalue weighted by atomic mass is 10.0. The number of hydrogen-bond acceptors (Lipinski definition) is 3. The molecule has 1 N–H and O–H groups in total. The van der Waals surface area contributed by atoms with Crippen LogP contribution in [0, 0.1) is 0 Å². The molecule has 0 unspecified atom stereocenters. The molecular formula is C16H16ClNO3. The number of rotatable bonds is 2. The number of likely N-dealkylation sites (N-methyl/N-ethyl adjacent to an activating group) is 1. The van der Waals surface area contributed by atoms with Gasteiger partial charge >= 0.3 is 5.97 Å². The molecule has 1 aliphatic rings. The van der Waals surface area contributed by atoms with Gasteiger partial charge in [0, 0.05) is 34.6 Å². The topological polar surface area (TPSA) is 53.7 Å². The highest BCUT2D eigenvalue weighted by atomic mass is 35.5. The van der Waals surface area contributed by atoms with Crippen LogP contribution in [0.1, 0.15) is 23.8 Å². The number of aliphatic carboxylic acids is 1. The van der Waals surface area contributed by atoms with E-state index in [1.165, 1.54) is 0 Å². The van der Waals surface area contributed by atoms with Crippen LogP contribution in [-0.4, -0.2) is 29.6 Å². The first-order valence-electron chi connectivity index (χ1n) is 6.80. The molecule has 0 amide bonds. The predicted octanol–water partition coefficient (Wildman–Crippen LogP) is 3.56. The van der Waals surface area contributed by atoms with Gasteiger partial charge in [-0.3, -0.25) is 0 Å². The SMILES string of the molecule is C/C(=C\c1oc2ccc(Cl)c3c2c1CN(C)CC3)C(=O)O. The van der Waals surface area contributed by atoms with Crippen LogP contribution in [0.2, 0.25) is 5.02 Å². The Hall–Kier alpha value is -1.78. The number of furan rings is 1.